The quantitative estimate of drug-likeness (QED) is 0.699. The van der Waals surface area contributed by atoms with Crippen molar-refractivity contribution in [1.29, 1.82) is 0 Å². The summed E-state index contributed by atoms with van der Waals surface area (Å²) in [6.45, 7) is 1.99. The van der Waals surface area contributed by atoms with Gasteiger partial charge in [0.2, 0.25) is 0 Å². The van der Waals surface area contributed by atoms with Gasteiger partial charge in [-0.15, -0.1) is 0 Å². The number of nitrogens with zero attached hydrogens (tertiary/aromatic N) is 1. The van der Waals surface area contributed by atoms with Gasteiger partial charge in [0.1, 0.15) is 24.1 Å². The van der Waals surface area contributed by atoms with E-state index in [1.807, 2.05) is 6.92 Å². The van der Waals surface area contributed by atoms with Crippen LogP contribution in [0.25, 0.3) is 0 Å². The van der Waals surface area contributed by atoms with Crippen LogP contribution in [-0.2, 0) is 6.42 Å². The summed E-state index contributed by atoms with van der Waals surface area (Å²) < 4.78 is 46.8. The van der Waals surface area contributed by atoms with Crippen molar-refractivity contribution in [2.24, 2.45) is 0 Å². The van der Waals surface area contributed by atoms with E-state index in [1.54, 1.807) is 4.90 Å². The molecule has 2 rings (SSSR count). The maximum Gasteiger partial charge on any atom is 0.133 e. The standard InChI is InChI=1S/C18H26F3NO3/c1-2-3-6-25-13-8-15(20)14(16(21)9-13)4-5-22-11-18(24)17(23)7-12(22)10-19/h8-9,12,17-18,23-24H,2-7,10-11H2,1H3/t12-,17?,18+/m1/s1. The molecule has 1 saturated heterocycles. The van der Waals surface area contributed by atoms with Crippen LogP contribution in [-0.4, -0.2) is 59.7 Å². The SMILES string of the molecule is CCCCOc1cc(F)c(CCN2C[C@H](O)C(O)C[C@@H]2CF)c(F)c1. The number of β-amino-alcohol motifs (C(OH)–C–C–N with tert-alkyl or cyclic N) is 1. The number of aliphatic hydroxyl groups excluding tert-OH is 2. The van der Waals surface area contributed by atoms with Crippen LogP contribution in [0.5, 0.6) is 5.75 Å². The molecular formula is C18H26F3NO3. The van der Waals surface area contributed by atoms with E-state index in [2.05, 4.69) is 0 Å². The lowest BCUT2D eigenvalue weighted by atomic mass is 9.97. The van der Waals surface area contributed by atoms with E-state index < -0.39 is 36.6 Å². The molecule has 0 saturated carbocycles. The predicted octanol–water partition coefficient (Wildman–Crippen LogP) is 2.45. The van der Waals surface area contributed by atoms with Crippen molar-refractivity contribution in [3.8, 4) is 5.75 Å². The van der Waals surface area contributed by atoms with E-state index in [9.17, 15) is 23.4 Å². The predicted molar refractivity (Wildman–Crippen MR) is 88.4 cm³/mol. The summed E-state index contributed by atoms with van der Waals surface area (Å²) in [5.74, 6) is -1.23. The Kier molecular flexibility index (Phi) is 7.53. The van der Waals surface area contributed by atoms with Crippen LogP contribution >= 0.6 is 0 Å². The van der Waals surface area contributed by atoms with Gasteiger partial charge in [0.25, 0.3) is 0 Å². The molecule has 0 aromatic heterocycles. The fourth-order valence-corrected chi connectivity index (χ4v) is 3.02. The van der Waals surface area contributed by atoms with E-state index in [0.717, 1.165) is 25.0 Å². The van der Waals surface area contributed by atoms with E-state index in [0.29, 0.717) is 6.61 Å². The number of unbranched alkanes of at least 4 members (excludes halogenated alkanes) is 1. The Bertz CT molecular complexity index is 535. The molecule has 0 aliphatic carbocycles. The Hall–Kier alpha value is -1.31. The van der Waals surface area contributed by atoms with E-state index in [1.165, 1.54) is 0 Å². The van der Waals surface area contributed by atoms with Crippen molar-refractivity contribution < 1.29 is 28.1 Å². The lowest BCUT2D eigenvalue weighted by Gasteiger charge is -2.39. The second-order valence-corrected chi connectivity index (χ2v) is 6.49. The van der Waals surface area contributed by atoms with E-state index in [4.69, 9.17) is 4.74 Å². The molecular weight excluding hydrogens is 335 g/mol. The van der Waals surface area contributed by atoms with E-state index >= 15 is 0 Å². The Morgan fingerprint density at radius 2 is 1.88 bits per heavy atom. The number of piperidine rings is 1. The molecule has 142 valence electrons. The van der Waals surface area contributed by atoms with Gasteiger partial charge in [-0.05, 0) is 19.3 Å². The zero-order valence-corrected chi connectivity index (χ0v) is 14.4. The second-order valence-electron chi connectivity index (χ2n) is 6.49. The van der Waals surface area contributed by atoms with E-state index in [-0.39, 0.29) is 37.2 Å². The third-order valence-corrected chi connectivity index (χ3v) is 4.60. The summed E-state index contributed by atoms with van der Waals surface area (Å²) in [4.78, 5) is 1.63. The summed E-state index contributed by atoms with van der Waals surface area (Å²) in [5, 5.41) is 19.3. The molecule has 1 aliphatic rings. The van der Waals surface area contributed by atoms with Crippen molar-refractivity contribution in [2.75, 3.05) is 26.4 Å². The normalized spacial score (nSPS) is 24.5. The first-order valence-corrected chi connectivity index (χ1v) is 8.73. The van der Waals surface area contributed by atoms with Crippen LogP contribution < -0.4 is 4.74 Å². The second kappa shape index (κ2) is 9.40. The van der Waals surface area contributed by atoms with Crippen LogP contribution in [0.1, 0.15) is 31.7 Å². The Morgan fingerprint density at radius 1 is 1.20 bits per heavy atom. The number of aliphatic hydroxyl groups is 2. The topological polar surface area (TPSA) is 52.9 Å². The largest absolute Gasteiger partial charge is 0.493 e. The first-order chi connectivity index (χ1) is 12.0. The minimum Gasteiger partial charge on any atom is -0.493 e. The molecule has 25 heavy (non-hydrogen) atoms. The number of hydrogen-bond donors (Lipinski definition) is 2. The van der Waals surface area contributed by atoms with Gasteiger partial charge in [-0.3, -0.25) is 4.90 Å². The lowest BCUT2D eigenvalue weighted by Crippen LogP contribution is -2.53. The molecule has 0 spiro atoms. The number of rotatable bonds is 8. The molecule has 1 fully saturated rings. The zero-order valence-electron chi connectivity index (χ0n) is 14.4. The number of hydrogen-bond acceptors (Lipinski definition) is 4. The van der Waals surface area contributed by atoms with Gasteiger partial charge in [-0.1, -0.05) is 13.3 Å². The van der Waals surface area contributed by atoms with Gasteiger partial charge in [-0.25, -0.2) is 13.2 Å². The van der Waals surface area contributed by atoms with Gasteiger partial charge < -0.3 is 14.9 Å². The maximum absolute atomic E-state index is 14.2. The fourth-order valence-electron chi connectivity index (χ4n) is 3.02. The molecule has 0 amide bonds. The van der Waals surface area contributed by atoms with Crippen molar-refractivity contribution in [3.63, 3.8) is 0 Å². The van der Waals surface area contributed by atoms with Crippen LogP contribution in [0.2, 0.25) is 0 Å². The van der Waals surface area contributed by atoms with Crippen molar-refractivity contribution in [1.82, 2.24) is 4.90 Å². The van der Waals surface area contributed by atoms with Crippen LogP contribution in [0.15, 0.2) is 12.1 Å². The molecule has 1 aliphatic heterocycles. The van der Waals surface area contributed by atoms with Gasteiger partial charge >= 0.3 is 0 Å². The molecule has 1 unspecified atom stereocenters. The Balaban J connectivity index is 2.00. The molecule has 4 nitrogen and oxygen atoms in total. The molecule has 1 heterocycles. The molecule has 0 radical (unpaired) electrons. The summed E-state index contributed by atoms with van der Waals surface area (Å²) >= 11 is 0. The first-order valence-electron chi connectivity index (χ1n) is 8.73. The lowest BCUT2D eigenvalue weighted by molar-refractivity contribution is -0.0648. The van der Waals surface area contributed by atoms with Gasteiger partial charge in [0, 0.05) is 36.8 Å². The summed E-state index contributed by atoms with van der Waals surface area (Å²) in [6.07, 6.45) is -0.0654. The molecule has 3 atom stereocenters. The average molecular weight is 361 g/mol. The highest BCUT2D eigenvalue weighted by molar-refractivity contribution is 5.31. The third kappa shape index (κ3) is 5.33. The van der Waals surface area contributed by atoms with Crippen molar-refractivity contribution in [2.45, 2.75) is 50.9 Å². The zero-order chi connectivity index (χ0) is 18.4. The van der Waals surface area contributed by atoms with Crippen LogP contribution in [0.4, 0.5) is 13.2 Å². The Morgan fingerprint density at radius 3 is 2.48 bits per heavy atom. The molecule has 1 aromatic carbocycles. The van der Waals surface area contributed by atoms with Gasteiger partial charge in [-0.2, -0.15) is 0 Å². The fraction of sp³-hybridized carbons (Fsp3) is 0.667. The molecule has 2 N–H and O–H groups in total. The van der Waals surface area contributed by atoms with Crippen molar-refractivity contribution >= 4 is 0 Å². The number of benzene rings is 1. The van der Waals surface area contributed by atoms with Gasteiger partial charge in [0.15, 0.2) is 0 Å². The highest BCUT2D eigenvalue weighted by Gasteiger charge is 2.33. The highest BCUT2D eigenvalue weighted by Crippen LogP contribution is 2.24. The van der Waals surface area contributed by atoms with Gasteiger partial charge in [0.05, 0.1) is 18.8 Å². The molecule has 7 heteroatoms. The minimum atomic E-state index is -0.980. The smallest absolute Gasteiger partial charge is 0.133 e. The van der Waals surface area contributed by atoms with Crippen LogP contribution in [0, 0.1) is 11.6 Å². The summed E-state index contributed by atoms with van der Waals surface area (Å²) in [5.41, 5.74) is -0.0824. The average Bonchev–Trinajstić information content (AvgIpc) is 2.57. The molecule has 1 aromatic rings. The summed E-state index contributed by atoms with van der Waals surface area (Å²) in [7, 11) is 0. The summed E-state index contributed by atoms with van der Waals surface area (Å²) in [6, 6.07) is 1.77. The monoisotopic (exact) mass is 361 g/mol. The molecule has 0 bridgehead atoms. The van der Waals surface area contributed by atoms with Crippen LogP contribution in [0.3, 0.4) is 0 Å². The maximum atomic E-state index is 14.2. The number of alkyl halides is 1. The first kappa shape index (κ1) is 20.0. The number of likely N-dealkylation sites (tertiary alicyclic amines) is 1. The Labute approximate surface area is 146 Å². The third-order valence-electron chi connectivity index (χ3n) is 4.60. The highest BCUT2D eigenvalue weighted by atomic mass is 19.1. The van der Waals surface area contributed by atoms with Crippen molar-refractivity contribution in [3.05, 3.63) is 29.3 Å². The minimum absolute atomic E-state index is 0.0478. The number of halogens is 3. The number of ether oxygens (including phenoxy) is 1.